The number of amides is 1. The standard InChI is InChI=1S/C19H27ClN6O/c1-4-19(2,3)26-18(22-23-24-26)16(13-5-7-15(20)8-6-13)25-11-9-14(10-12-25)17(21)27/h5-8,14,16H,4,9-12H2,1-3H3,(H2,21,27)/p+1/t16-/m0/s1. The number of benzene rings is 1. The number of hydrogen-bond acceptors (Lipinski definition) is 4. The third kappa shape index (κ3) is 4.14. The van der Waals surface area contributed by atoms with Crippen molar-refractivity contribution in [1.82, 2.24) is 20.2 Å². The Morgan fingerprint density at radius 2 is 1.96 bits per heavy atom. The molecule has 1 saturated heterocycles. The van der Waals surface area contributed by atoms with Crippen molar-refractivity contribution in [3.05, 3.63) is 40.7 Å². The monoisotopic (exact) mass is 391 g/mol. The van der Waals surface area contributed by atoms with Gasteiger partial charge in [0.25, 0.3) is 0 Å². The number of rotatable bonds is 6. The Labute approximate surface area is 164 Å². The molecule has 1 aliphatic heterocycles. The van der Waals surface area contributed by atoms with Gasteiger partial charge in [0.1, 0.15) is 0 Å². The van der Waals surface area contributed by atoms with Gasteiger partial charge in [-0.3, -0.25) is 4.79 Å². The van der Waals surface area contributed by atoms with Crippen LogP contribution in [0.15, 0.2) is 24.3 Å². The molecule has 1 aromatic heterocycles. The van der Waals surface area contributed by atoms with Gasteiger partial charge in [-0.1, -0.05) is 30.7 Å². The summed E-state index contributed by atoms with van der Waals surface area (Å²) < 4.78 is 1.94. The van der Waals surface area contributed by atoms with E-state index in [0.717, 1.165) is 43.7 Å². The van der Waals surface area contributed by atoms with Crippen LogP contribution < -0.4 is 10.6 Å². The van der Waals surface area contributed by atoms with E-state index in [-0.39, 0.29) is 23.4 Å². The maximum absolute atomic E-state index is 11.6. The van der Waals surface area contributed by atoms with E-state index in [1.54, 1.807) is 0 Å². The summed E-state index contributed by atoms with van der Waals surface area (Å²) in [6.45, 7) is 8.11. The Kier molecular flexibility index (Phi) is 5.81. The molecule has 7 nitrogen and oxygen atoms in total. The van der Waals surface area contributed by atoms with Crippen molar-refractivity contribution in [1.29, 1.82) is 0 Å². The Morgan fingerprint density at radius 1 is 1.33 bits per heavy atom. The van der Waals surface area contributed by atoms with Crippen molar-refractivity contribution in [3.8, 4) is 0 Å². The predicted octanol–water partition coefficient (Wildman–Crippen LogP) is 1.34. The summed E-state index contributed by atoms with van der Waals surface area (Å²) in [5.74, 6) is 0.605. The number of piperidine rings is 1. The molecule has 1 amide bonds. The van der Waals surface area contributed by atoms with E-state index in [9.17, 15) is 4.79 Å². The van der Waals surface area contributed by atoms with Crippen LogP contribution in [0.2, 0.25) is 5.02 Å². The molecule has 8 heteroatoms. The van der Waals surface area contributed by atoms with Crippen molar-refractivity contribution in [2.45, 2.75) is 51.6 Å². The van der Waals surface area contributed by atoms with Crippen LogP contribution in [0, 0.1) is 5.92 Å². The van der Waals surface area contributed by atoms with Gasteiger partial charge in [0, 0.05) is 29.3 Å². The first-order valence-electron chi connectivity index (χ1n) is 9.51. The van der Waals surface area contributed by atoms with Crippen LogP contribution in [0.1, 0.15) is 57.5 Å². The Morgan fingerprint density at radius 3 is 2.52 bits per heavy atom. The molecule has 3 rings (SSSR count). The van der Waals surface area contributed by atoms with E-state index in [2.05, 4.69) is 36.3 Å². The Hall–Kier alpha value is -1.99. The zero-order chi connectivity index (χ0) is 19.6. The van der Waals surface area contributed by atoms with Crippen LogP contribution in [-0.4, -0.2) is 39.2 Å². The number of carbonyl (C=O) groups is 1. The highest BCUT2D eigenvalue weighted by molar-refractivity contribution is 6.30. The average molecular weight is 392 g/mol. The van der Waals surface area contributed by atoms with Gasteiger partial charge >= 0.3 is 0 Å². The van der Waals surface area contributed by atoms with Crippen molar-refractivity contribution in [2.24, 2.45) is 11.7 Å². The van der Waals surface area contributed by atoms with Crippen LogP contribution in [0.25, 0.3) is 0 Å². The first-order chi connectivity index (χ1) is 12.8. The third-order valence-electron chi connectivity index (χ3n) is 5.83. The Balaban J connectivity index is 1.99. The highest BCUT2D eigenvalue weighted by Gasteiger charge is 2.38. The van der Waals surface area contributed by atoms with Crippen molar-refractivity contribution >= 4 is 17.5 Å². The molecule has 0 spiro atoms. The minimum absolute atomic E-state index is 0.0167. The van der Waals surface area contributed by atoms with Crippen LogP contribution in [0.5, 0.6) is 0 Å². The largest absolute Gasteiger partial charge is 0.369 e. The van der Waals surface area contributed by atoms with Crippen molar-refractivity contribution in [2.75, 3.05) is 13.1 Å². The molecule has 2 aromatic rings. The fraction of sp³-hybridized carbons (Fsp3) is 0.579. The summed E-state index contributed by atoms with van der Waals surface area (Å²) in [6.07, 6.45) is 2.48. The van der Waals surface area contributed by atoms with E-state index in [1.165, 1.54) is 4.90 Å². The number of primary amides is 1. The second-order valence-corrected chi connectivity index (χ2v) is 8.37. The molecular formula is C19H28ClN6O+. The lowest BCUT2D eigenvalue weighted by atomic mass is 9.93. The highest BCUT2D eigenvalue weighted by atomic mass is 35.5. The summed E-state index contributed by atoms with van der Waals surface area (Å²) in [5.41, 5.74) is 6.45. The van der Waals surface area contributed by atoms with Gasteiger partial charge in [0.15, 0.2) is 6.04 Å². The van der Waals surface area contributed by atoms with E-state index in [0.29, 0.717) is 5.02 Å². The third-order valence-corrected chi connectivity index (χ3v) is 6.08. The van der Waals surface area contributed by atoms with Crippen LogP contribution in [0.4, 0.5) is 0 Å². The molecule has 146 valence electrons. The lowest BCUT2D eigenvalue weighted by molar-refractivity contribution is -0.931. The molecule has 0 saturated carbocycles. The predicted molar refractivity (Wildman–Crippen MR) is 103 cm³/mol. The van der Waals surface area contributed by atoms with Gasteiger partial charge in [-0.25, -0.2) is 4.68 Å². The number of quaternary nitrogens is 1. The SMILES string of the molecule is CCC(C)(C)n1nnnc1[C@H](c1ccc(Cl)cc1)[NH+]1CCC(C(N)=O)CC1. The molecule has 27 heavy (non-hydrogen) atoms. The number of nitrogens with one attached hydrogen (secondary N) is 1. The second-order valence-electron chi connectivity index (χ2n) is 7.93. The van der Waals surface area contributed by atoms with E-state index in [1.807, 2.05) is 28.9 Å². The molecule has 3 N–H and O–H groups in total. The lowest BCUT2D eigenvalue weighted by Crippen LogP contribution is -3.13. The fourth-order valence-electron chi connectivity index (χ4n) is 3.74. The molecule has 1 atom stereocenters. The minimum atomic E-state index is -0.200. The summed E-state index contributed by atoms with van der Waals surface area (Å²) in [7, 11) is 0. The quantitative estimate of drug-likeness (QED) is 0.777. The van der Waals surface area contributed by atoms with Crippen molar-refractivity contribution in [3.63, 3.8) is 0 Å². The fourth-order valence-corrected chi connectivity index (χ4v) is 3.87. The molecule has 0 radical (unpaired) electrons. The zero-order valence-electron chi connectivity index (χ0n) is 16.2. The molecule has 2 heterocycles. The maximum atomic E-state index is 11.6. The van der Waals surface area contributed by atoms with E-state index < -0.39 is 0 Å². The van der Waals surface area contributed by atoms with Crippen LogP contribution in [0.3, 0.4) is 0 Å². The number of nitrogens with two attached hydrogens (primary N) is 1. The number of carbonyl (C=O) groups excluding carboxylic acids is 1. The number of likely N-dealkylation sites (tertiary alicyclic amines) is 1. The van der Waals surface area contributed by atoms with Crippen LogP contribution >= 0.6 is 11.6 Å². The average Bonchev–Trinajstić information content (AvgIpc) is 3.14. The van der Waals surface area contributed by atoms with Gasteiger partial charge in [0.2, 0.25) is 11.7 Å². The first kappa shape index (κ1) is 19.8. The molecule has 1 fully saturated rings. The maximum Gasteiger partial charge on any atom is 0.220 e. The number of halogens is 1. The van der Waals surface area contributed by atoms with E-state index in [4.69, 9.17) is 17.3 Å². The Bertz CT molecular complexity index is 780. The number of aromatic nitrogens is 4. The normalized spacial score (nSPS) is 21.8. The summed E-state index contributed by atoms with van der Waals surface area (Å²) in [6, 6.07) is 7.87. The highest BCUT2D eigenvalue weighted by Crippen LogP contribution is 2.26. The summed E-state index contributed by atoms with van der Waals surface area (Å²) >= 11 is 6.10. The lowest BCUT2D eigenvalue weighted by Gasteiger charge is -2.35. The summed E-state index contributed by atoms with van der Waals surface area (Å²) in [5, 5.41) is 13.4. The van der Waals surface area contributed by atoms with Gasteiger partial charge in [0.05, 0.1) is 18.6 Å². The topological polar surface area (TPSA) is 91.1 Å². The summed E-state index contributed by atoms with van der Waals surface area (Å²) in [4.78, 5) is 12.9. The van der Waals surface area contributed by atoms with Gasteiger partial charge in [-0.2, -0.15) is 0 Å². The van der Waals surface area contributed by atoms with Crippen LogP contribution in [-0.2, 0) is 10.3 Å². The van der Waals surface area contributed by atoms with E-state index >= 15 is 0 Å². The van der Waals surface area contributed by atoms with Crippen molar-refractivity contribution < 1.29 is 9.69 Å². The van der Waals surface area contributed by atoms with Gasteiger partial charge < -0.3 is 10.6 Å². The molecule has 0 unspecified atom stereocenters. The molecule has 0 aliphatic carbocycles. The first-order valence-corrected chi connectivity index (χ1v) is 9.89. The zero-order valence-corrected chi connectivity index (χ0v) is 16.9. The minimum Gasteiger partial charge on any atom is -0.369 e. The smallest absolute Gasteiger partial charge is 0.220 e. The molecule has 1 aliphatic rings. The number of tetrazole rings is 1. The second kappa shape index (κ2) is 7.94. The number of hydrogen-bond donors (Lipinski definition) is 2. The number of nitrogens with zero attached hydrogens (tertiary/aromatic N) is 4. The molecule has 1 aromatic carbocycles. The van der Waals surface area contributed by atoms with Gasteiger partial charge in [-0.15, -0.1) is 5.10 Å². The molecule has 0 bridgehead atoms. The van der Waals surface area contributed by atoms with Gasteiger partial charge in [-0.05, 0) is 42.8 Å². The molecular weight excluding hydrogens is 364 g/mol.